The van der Waals surface area contributed by atoms with Crippen LogP contribution in [-0.4, -0.2) is 41.3 Å². The van der Waals surface area contributed by atoms with Gasteiger partial charge in [0.05, 0.1) is 7.11 Å². The third kappa shape index (κ3) is 3.35. The number of hydrogen-bond donors (Lipinski definition) is 1. The lowest BCUT2D eigenvalue weighted by molar-refractivity contribution is -0.143. The molecule has 5 heteroatoms. The summed E-state index contributed by atoms with van der Waals surface area (Å²) in [4.78, 5) is 24.4. The summed E-state index contributed by atoms with van der Waals surface area (Å²) in [5.74, 6) is -0.955. The van der Waals surface area contributed by atoms with Crippen molar-refractivity contribution in [1.82, 2.24) is 4.90 Å². The number of carboxylic acids is 1. The number of amides is 1. The minimum atomic E-state index is -0.955. The van der Waals surface area contributed by atoms with Crippen LogP contribution in [0.25, 0.3) is 0 Å². The third-order valence-corrected chi connectivity index (χ3v) is 3.36. The van der Waals surface area contributed by atoms with Crippen LogP contribution >= 0.6 is 0 Å². The second-order valence-corrected chi connectivity index (χ2v) is 4.43. The number of aliphatic carboxylic acids is 1. The Hall–Kier alpha value is -1.26. The quantitative estimate of drug-likeness (QED) is 0.822. The molecule has 1 unspecified atom stereocenters. The Balaban J connectivity index is 2.84. The molecule has 1 aliphatic rings. The summed E-state index contributed by atoms with van der Waals surface area (Å²) in [5, 5.41) is 9.17. The van der Waals surface area contributed by atoms with E-state index >= 15 is 0 Å². The Bertz CT molecular complexity index is 274. The van der Waals surface area contributed by atoms with Crippen molar-refractivity contribution in [2.45, 2.75) is 57.5 Å². The third-order valence-electron chi connectivity index (χ3n) is 3.36. The highest BCUT2D eigenvalue weighted by Crippen LogP contribution is 2.25. The van der Waals surface area contributed by atoms with Crippen LogP contribution in [0.2, 0.25) is 0 Å². The summed E-state index contributed by atoms with van der Waals surface area (Å²) in [6.07, 6.45) is 4.89. The molecule has 0 aromatic carbocycles. The van der Waals surface area contributed by atoms with Gasteiger partial charge in [0.15, 0.2) is 0 Å². The lowest BCUT2D eigenvalue weighted by Crippen LogP contribution is -2.51. The van der Waals surface area contributed by atoms with E-state index in [0.717, 1.165) is 32.1 Å². The monoisotopic (exact) mass is 243 g/mol. The van der Waals surface area contributed by atoms with E-state index in [-0.39, 0.29) is 6.04 Å². The summed E-state index contributed by atoms with van der Waals surface area (Å²) < 4.78 is 4.72. The molecule has 0 heterocycles. The highest BCUT2D eigenvalue weighted by molar-refractivity contribution is 5.80. The van der Waals surface area contributed by atoms with Gasteiger partial charge in [-0.1, -0.05) is 26.2 Å². The topological polar surface area (TPSA) is 66.8 Å². The lowest BCUT2D eigenvalue weighted by Gasteiger charge is -2.36. The van der Waals surface area contributed by atoms with Crippen molar-refractivity contribution >= 4 is 12.1 Å². The van der Waals surface area contributed by atoms with Crippen molar-refractivity contribution in [3.8, 4) is 0 Å². The molecule has 0 spiro atoms. The minimum Gasteiger partial charge on any atom is -0.480 e. The van der Waals surface area contributed by atoms with Gasteiger partial charge in [0, 0.05) is 6.04 Å². The average Bonchev–Trinajstić information content (AvgIpc) is 2.35. The number of ether oxygens (including phenoxy) is 1. The molecule has 1 atom stereocenters. The molecule has 0 radical (unpaired) electrons. The van der Waals surface area contributed by atoms with Crippen molar-refractivity contribution in [1.29, 1.82) is 0 Å². The van der Waals surface area contributed by atoms with Gasteiger partial charge in [-0.15, -0.1) is 0 Å². The molecule has 5 nitrogen and oxygen atoms in total. The number of carboxylic acid groups (broad SMARTS) is 1. The molecule has 1 fully saturated rings. The highest BCUT2D eigenvalue weighted by atomic mass is 16.5. The Morgan fingerprint density at radius 1 is 1.35 bits per heavy atom. The van der Waals surface area contributed by atoms with E-state index in [9.17, 15) is 9.59 Å². The molecule has 0 saturated heterocycles. The van der Waals surface area contributed by atoms with Gasteiger partial charge >= 0.3 is 12.1 Å². The zero-order valence-corrected chi connectivity index (χ0v) is 10.5. The van der Waals surface area contributed by atoms with Crippen molar-refractivity contribution < 1.29 is 19.4 Å². The van der Waals surface area contributed by atoms with Crippen LogP contribution < -0.4 is 0 Å². The molecule has 1 amide bonds. The SMILES string of the molecule is CCC(C(=O)O)N(C(=O)OC)C1CCCCC1. The number of carbonyl (C=O) groups excluding carboxylic acids is 1. The van der Waals surface area contributed by atoms with Crippen LogP contribution in [0.4, 0.5) is 4.79 Å². The Labute approximate surface area is 102 Å². The Morgan fingerprint density at radius 3 is 2.35 bits per heavy atom. The first-order chi connectivity index (χ1) is 8.11. The molecular weight excluding hydrogens is 222 g/mol. The Kier molecular flexibility index (Phi) is 5.25. The maximum absolute atomic E-state index is 11.8. The van der Waals surface area contributed by atoms with E-state index in [4.69, 9.17) is 9.84 Å². The Morgan fingerprint density at radius 2 is 1.94 bits per heavy atom. The highest BCUT2D eigenvalue weighted by Gasteiger charge is 2.35. The number of methoxy groups -OCH3 is 1. The zero-order valence-electron chi connectivity index (χ0n) is 10.5. The second-order valence-electron chi connectivity index (χ2n) is 4.43. The summed E-state index contributed by atoms with van der Waals surface area (Å²) in [5.41, 5.74) is 0. The molecule has 0 bridgehead atoms. The first kappa shape index (κ1) is 13.8. The maximum Gasteiger partial charge on any atom is 0.410 e. The standard InChI is InChI=1S/C12H21NO4/c1-3-10(11(14)15)13(12(16)17-2)9-7-5-4-6-8-9/h9-10H,3-8H2,1-2H3,(H,14,15). The molecule has 1 rings (SSSR count). The van der Waals surface area contributed by atoms with Crippen LogP contribution in [0.1, 0.15) is 45.4 Å². The van der Waals surface area contributed by atoms with Gasteiger partial charge in [0.25, 0.3) is 0 Å². The minimum absolute atomic E-state index is 0.0113. The van der Waals surface area contributed by atoms with Crippen LogP contribution in [0.15, 0.2) is 0 Å². The van der Waals surface area contributed by atoms with Crippen molar-refractivity contribution in [3.05, 3.63) is 0 Å². The summed E-state index contributed by atoms with van der Waals surface area (Å²) >= 11 is 0. The summed E-state index contributed by atoms with van der Waals surface area (Å²) in [6.45, 7) is 1.78. The van der Waals surface area contributed by atoms with Crippen LogP contribution in [0.3, 0.4) is 0 Å². The van der Waals surface area contributed by atoms with E-state index in [1.165, 1.54) is 12.0 Å². The smallest absolute Gasteiger partial charge is 0.410 e. The summed E-state index contributed by atoms with van der Waals surface area (Å²) in [7, 11) is 1.30. The molecule has 17 heavy (non-hydrogen) atoms. The van der Waals surface area contributed by atoms with Crippen molar-refractivity contribution in [2.24, 2.45) is 0 Å². The van der Waals surface area contributed by atoms with Crippen molar-refractivity contribution in [2.75, 3.05) is 7.11 Å². The average molecular weight is 243 g/mol. The first-order valence-corrected chi connectivity index (χ1v) is 6.20. The van der Waals surface area contributed by atoms with Crippen molar-refractivity contribution in [3.63, 3.8) is 0 Å². The van der Waals surface area contributed by atoms with Crippen LogP contribution in [-0.2, 0) is 9.53 Å². The number of rotatable bonds is 4. The van der Waals surface area contributed by atoms with Crippen LogP contribution in [0.5, 0.6) is 0 Å². The largest absolute Gasteiger partial charge is 0.480 e. The van der Waals surface area contributed by atoms with Gasteiger partial charge < -0.3 is 9.84 Å². The molecule has 1 N–H and O–H groups in total. The van der Waals surface area contributed by atoms with Crippen LogP contribution in [0, 0.1) is 0 Å². The second kappa shape index (κ2) is 6.47. The van der Waals surface area contributed by atoms with Gasteiger partial charge in [-0.2, -0.15) is 0 Å². The zero-order chi connectivity index (χ0) is 12.8. The fraction of sp³-hybridized carbons (Fsp3) is 0.833. The summed E-state index contributed by atoms with van der Waals surface area (Å²) in [6, 6.07) is -0.761. The van der Waals surface area contributed by atoms with E-state index in [1.54, 1.807) is 6.92 Å². The van der Waals surface area contributed by atoms with E-state index in [2.05, 4.69) is 0 Å². The molecule has 0 aromatic rings. The molecular formula is C12H21NO4. The molecule has 98 valence electrons. The molecule has 1 aliphatic carbocycles. The van der Waals surface area contributed by atoms with Gasteiger partial charge in [-0.3, -0.25) is 4.90 Å². The van der Waals surface area contributed by atoms with Gasteiger partial charge in [-0.25, -0.2) is 9.59 Å². The fourth-order valence-electron chi connectivity index (χ4n) is 2.49. The van der Waals surface area contributed by atoms with E-state index in [1.807, 2.05) is 0 Å². The first-order valence-electron chi connectivity index (χ1n) is 6.20. The normalized spacial score (nSPS) is 18.5. The molecule has 0 aromatic heterocycles. The van der Waals surface area contributed by atoms with Gasteiger partial charge in [0.1, 0.15) is 6.04 Å². The van der Waals surface area contributed by atoms with Gasteiger partial charge in [0.2, 0.25) is 0 Å². The fourth-order valence-corrected chi connectivity index (χ4v) is 2.49. The van der Waals surface area contributed by atoms with E-state index in [0.29, 0.717) is 6.42 Å². The number of carbonyl (C=O) groups is 2. The molecule has 1 saturated carbocycles. The lowest BCUT2D eigenvalue weighted by atomic mass is 9.93. The molecule has 0 aliphatic heterocycles. The number of nitrogens with zero attached hydrogens (tertiary/aromatic N) is 1. The predicted octanol–water partition coefficient (Wildman–Crippen LogP) is 2.25. The van der Waals surface area contributed by atoms with E-state index < -0.39 is 18.1 Å². The number of hydrogen-bond acceptors (Lipinski definition) is 3. The van der Waals surface area contributed by atoms with Gasteiger partial charge in [-0.05, 0) is 19.3 Å². The maximum atomic E-state index is 11.8. The predicted molar refractivity (Wildman–Crippen MR) is 62.8 cm³/mol.